The molecule has 1 aromatic rings. The van der Waals surface area contributed by atoms with Gasteiger partial charge in [-0.2, -0.15) is 0 Å². The van der Waals surface area contributed by atoms with Crippen LogP contribution in [0.4, 0.5) is 10.1 Å². The lowest BCUT2D eigenvalue weighted by molar-refractivity contribution is -0.126. The molecular formula is C14H17FN2O2. The highest BCUT2D eigenvalue weighted by Crippen LogP contribution is 2.13. The largest absolute Gasteiger partial charge is 0.325 e. The smallest absolute Gasteiger partial charge is 0.241 e. The number of ketones is 1. The minimum absolute atomic E-state index is 0.138. The van der Waals surface area contributed by atoms with Gasteiger partial charge in [0.05, 0.1) is 6.04 Å². The summed E-state index contributed by atoms with van der Waals surface area (Å²) in [5, 5.41) is 2.75. The van der Waals surface area contributed by atoms with Gasteiger partial charge >= 0.3 is 0 Å². The van der Waals surface area contributed by atoms with Crippen molar-refractivity contribution in [3.63, 3.8) is 0 Å². The van der Waals surface area contributed by atoms with Crippen LogP contribution >= 0.6 is 0 Å². The molecule has 1 aliphatic heterocycles. The van der Waals surface area contributed by atoms with Crippen molar-refractivity contribution in [2.75, 3.05) is 18.4 Å². The molecule has 1 saturated heterocycles. The number of anilines is 1. The average molecular weight is 264 g/mol. The first-order chi connectivity index (χ1) is 9.06. The van der Waals surface area contributed by atoms with Gasteiger partial charge in [-0.25, -0.2) is 4.39 Å². The van der Waals surface area contributed by atoms with E-state index in [2.05, 4.69) is 5.32 Å². The predicted octanol–water partition coefficient (Wildman–Crippen LogP) is 1.82. The molecule has 0 aromatic heterocycles. The van der Waals surface area contributed by atoms with Gasteiger partial charge in [0.1, 0.15) is 11.6 Å². The quantitative estimate of drug-likeness (QED) is 0.906. The van der Waals surface area contributed by atoms with Gasteiger partial charge in [0.25, 0.3) is 0 Å². The number of carbonyl (C=O) groups is 2. The normalized spacial score (nSPS) is 18.1. The topological polar surface area (TPSA) is 49.4 Å². The molecular weight excluding hydrogens is 247 g/mol. The number of likely N-dealkylation sites (tertiary alicyclic amines) is 1. The number of hydrogen-bond acceptors (Lipinski definition) is 3. The zero-order valence-corrected chi connectivity index (χ0v) is 10.9. The summed E-state index contributed by atoms with van der Waals surface area (Å²) in [6.07, 6.45) is 1.02. The average Bonchev–Trinajstić information content (AvgIpc) is 2.41. The number of carbonyl (C=O) groups excluding carboxylic acids is 2. The highest BCUT2D eigenvalue weighted by molar-refractivity contribution is 5.94. The number of hydrogen-bond donors (Lipinski definition) is 1. The Labute approximate surface area is 111 Å². The van der Waals surface area contributed by atoms with E-state index < -0.39 is 0 Å². The van der Waals surface area contributed by atoms with Crippen molar-refractivity contribution < 1.29 is 14.0 Å². The molecule has 102 valence electrons. The lowest BCUT2D eigenvalue weighted by atomic mass is 10.1. The Morgan fingerprint density at radius 2 is 1.84 bits per heavy atom. The molecule has 1 aromatic carbocycles. The van der Waals surface area contributed by atoms with Gasteiger partial charge in [0, 0.05) is 31.6 Å². The third-order valence-corrected chi connectivity index (χ3v) is 3.39. The summed E-state index contributed by atoms with van der Waals surface area (Å²) in [5.74, 6) is -0.219. The van der Waals surface area contributed by atoms with E-state index in [9.17, 15) is 14.0 Å². The first-order valence-corrected chi connectivity index (χ1v) is 6.38. The summed E-state index contributed by atoms with van der Waals surface area (Å²) < 4.78 is 12.8. The summed E-state index contributed by atoms with van der Waals surface area (Å²) in [5.41, 5.74) is 0.575. The molecule has 0 radical (unpaired) electrons. The van der Waals surface area contributed by atoms with Crippen LogP contribution in [0.2, 0.25) is 0 Å². The van der Waals surface area contributed by atoms with Crippen LogP contribution in [0.3, 0.4) is 0 Å². The van der Waals surface area contributed by atoms with Gasteiger partial charge in [0.15, 0.2) is 0 Å². The first kappa shape index (κ1) is 13.7. The number of nitrogens with zero attached hydrogens (tertiary/aromatic N) is 1. The van der Waals surface area contributed by atoms with E-state index in [1.807, 2.05) is 11.8 Å². The number of amides is 1. The summed E-state index contributed by atoms with van der Waals surface area (Å²) in [4.78, 5) is 25.2. The van der Waals surface area contributed by atoms with Gasteiger partial charge in [-0.05, 0) is 31.2 Å². The van der Waals surface area contributed by atoms with E-state index in [4.69, 9.17) is 0 Å². The van der Waals surface area contributed by atoms with Crippen LogP contribution in [0.25, 0.3) is 0 Å². The monoisotopic (exact) mass is 264 g/mol. The van der Waals surface area contributed by atoms with Crippen LogP contribution in [0, 0.1) is 5.82 Å². The van der Waals surface area contributed by atoms with E-state index in [0.29, 0.717) is 31.6 Å². The summed E-state index contributed by atoms with van der Waals surface area (Å²) in [6.45, 7) is 3.06. The maximum Gasteiger partial charge on any atom is 0.241 e. The fourth-order valence-corrected chi connectivity index (χ4v) is 2.11. The Morgan fingerprint density at radius 1 is 1.26 bits per heavy atom. The Balaban J connectivity index is 1.92. The van der Waals surface area contributed by atoms with Crippen molar-refractivity contribution in [1.82, 2.24) is 4.90 Å². The van der Waals surface area contributed by atoms with Gasteiger partial charge in [-0.1, -0.05) is 0 Å². The molecule has 0 bridgehead atoms. The van der Waals surface area contributed by atoms with Crippen molar-refractivity contribution in [1.29, 1.82) is 0 Å². The third kappa shape index (κ3) is 3.61. The lowest BCUT2D eigenvalue weighted by Gasteiger charge is -2.30. The highest BCUT2D eigenvalue weighted by Gasteiger charge is 2.25. The van der Waals surface area contributed by atoms with Crippen molar-refractivity contribution in [3.05, 3.63) is 30.1 Å². The molecule has 1 aliphatic rings. The number of halogens is 1. The molecule has 0 saturated carbocycles. The first-order valence-electron chi connectivity index (χ1n) is 6.38. The minimum atomic E-state index is -0.333. The fraction of sp³-hybridized carbons (Fsp3) is 0.429. The Hall–Kier alpha value is -1.75. The van der Waals surface area contributed by atoms with E-state index in [1.54, 1.807) is 0 Å². The molecule has 4 nitrogen and oxygen atoms in total. The van der Waals surface area contributed by atoms with E-state index in [0.717, 1.165) is 0 Å². The number of nitrogens with one attached hydrogen (secondary N) is 1. The zero-order chi connectivity index (χ0) is 13.8. The third-order valence-electron chi connectivity index (χ3n) is 3.39. The fourth-order valence-electron chi connectivity index (χ4n) is 2.11. The summed E-state index contributed by atoms with van der Waals surface area (Å²) in [6, 6.07) is 5.37. The molecule has 1 unspecified atom stereocenters. The van der Waals surface area contributed by atoms with Crippen molar-refractivity contribution in [3.8, 4) is 0 Å². The van der Waals surface area contributed by atoms with Crippen LogP contribution in [-0.2, 0) is 9.59 Å². The summed E-state index contributed by atoms with van der Waals surface area (Å²) >= 11 is 0. The second-order valence-electron chi connectivity index (χ2n) is 4.75. The van der Waals surface area contributed by atoms with E-state index in [-0.39, 0.29) is 23.5 Å². The highest BCUT2D eigenvalue weighted by atomic mass is 19.1. The van der Waals surface area contributed by atoms with Crippen LogP contribution in [0.1, 0.15) is 19.8 Å². The minimum Gasteiger partial charge on any atom is -0.325 e. The molecule has 1 heterocycles. The SMILES string of the molecule is CC(C(=O)Nc1ccc(F)cc1)N1CCC(=O)CC1. The van der Waals surface area contributed by atoms with Gasteiger partial charge in [0.2, 0.25) is 5.91 Å². The Kier molecular flexibility index (Phi) is 4.27. The van der Waals surface area contributed by atoms with Crippen LogP contribution < -0.4 is 5.32 Å². The van der Waals surface area contributed by atoms with Crippen LogP contribution in [0.5, 0.6) is 0 Å². The molecule has 0 spiro atoms. The van der Waals surface area contributed by atoms with E-state index in [1.165, 1.54) is 24.3 Å². The molecule has 19 heavy (non-hydrogen) atoms. The zero-order valence-electron chi connectivity index (χ0n) is 10.9. The maximum absolute atomic E-state index is 12.8. The second kappa shape index (κ2) is 5.93. The van der Waals surface area contributed by atoms with Gasteiger partial charge in [-0.3, -0.25) is 14.5 Å². The predicted molar refractivity (Wildman–Crippen MR) is 70.3 cm³/mol. The van der Waals surface area contributed by atoms with Gasteiger partial charge < -0.3 is 5.32 Å². The molecule has 1 atom stereocenters. The number of benzene rings is 1. The standard InChI is InChI=1S/C14H17FN2O2/c1-10(17-8-6-13(18)7-9-17)14(19)16-12-4-2-11(15)3-5-12/h2-5,10H,6-9H2,1H3,(H,16,19). The van der Waals surface area contributed by atoms with Crippen molar-refractivity contribution >= 4 is 17.4 Å². The number of Topliss-reactive ketones (excluding diaryl/α,β-unsaturated/α-hetero) is 1. The summed E-state index contributed by atoms with van der Waals surface area (Å²) in [7, 11) is 0. The number of rotatable bonds is 3. The molecule has 1 amide bonds. The molecule has 2 rings (SSSR count). The Morgan fingerprint density at radius 3 is 2.42 bits per heavy atom. The second-order valence-corrected chi connectivity index (χ2v) is 4.75. The van der Waals surface area contributed by atoms with Crippen LogP contribution in [0.15, 0.2) is 24.3 Å². The molecule has 1 fully saturated rings. The van der Waals surface area contributed by atoms with Crippen molar-refractivity contribution in [2.45, 2.75) is 25.8 Å². The molecule has 0 aliphatic carbocycles. The Bertz CT molecular complexity index is 463. The molecule has 1 N–H and O–H groups in total. The maximum atomic E-state index is 12.8. The number of piperidine rings is 1. The molecule has 5 heteroatoms. The van der Waals surface area contributed by atoms with Gasteiger partial charge in [-0.15, -0.1) is 0 Å². The van der Waals surface area contributed by atoms with Crippen molar-refractivity contribution in [2.24, 2.45) is 0 Å². The van der Waals surface area contributed by atoms with E-state index >= 15 is 0 Å². The van der Waals surface area contributed by atoms with Crippen LogP contribution in [-0.4, -0.2) is 35.7 Å². The lowest BCUT2D eigenvalue weighted by Crippen LogP contribution is -2.46.